The SMILES string of the molecule is CCN(C)c1cccc(NC(=O)c2ccccc2NC(=O)c2cccs2)c1. The van der Waals surface area contributed by atoms with Crippen LogP contribution in [0.25, 0.3) is 0 Å². The van der Waals surface area contributed by atoms with Crippen molar-refractivity contribution in [1.29, 1.82) is 0 Å². The van der Waals surface area contributed by atoms with Gasteiger partial charge in [-0.1, -0.05) is 24.3 Å². The van der Waals surface area contributed by atoms with Crippen molar-refractivity contribution in [3.8, 4) is 0 Å². The largest absolute Gasteiger partial charge is 0.375 e. The van der Waals surface area contributed by atoms with Crippen molar-refractivity contribution in [2.24, 2.45) is 0 Å². The monoisotopic (exact) mass is 379 g/mol. The summed E-state index contributed by atoms with van der Waals surface area (Å²) in [6, 6.07) is 18.2. The van der Waals surface area contributed by atoms with Crippen LogP contribution in [0, 0.1) is 0 Å². The van der Waals surface area contributed by atoms with Crippen molar-refractivity contribution in [2.75, 3.05) is 29.1 Å². The molecule has 138 valence electrons. The molecule has 1 aromatic heterocycles. The van der Waals surface area contributed by atoms with Gasteiger partial charge < -0.3 is 15.5 Å². The molecule has 6 heteroatoms. The minimum atomic E-state index is -0.270. The normalized spacial score (nSPS) is 10.3. The zero-order valence-corrected chi connectivity index (χ0v) is 16.0. The van der Waals surface area contributed by atoms with Gasteiger partial charge in [-0.2, -0.15) is 0 Å². The number of para-hydroxylation sites is 1. The van der Waals surface area contributed by atoms with Crippen molar-refractivity contribution >= 4 is 40.2 Å². The number of nitrogens with zero attached hydrogens (tertiary/aromatic N) is 1. The van der Waals surface area contributed by atoms with E-state index in [-0.39, 0.29) is 11.8 Å². The molecular weight excluding hydrogens is 358 g/mol. The average molecular weight is 379 g/mol. The first-order valence-corrected chi connectivity index (χ1v) is 9.53. The molecule has 0 aliphatic heterocycles. The number of nitrogens with one attached hydrogen (secondary N) is 2. The molecule has 2 N–H and O–H groups in total. The quantitative estimate of drug-likeness (QED) is 0.652. The predicted octanol–water partition coefficient (Wildman–Crippen LogP) is 4.71. The maximum Gasteiger partial charge on any atom is 0.265 e. The Kier molecular flexibility index (Phi) is 5.88. The van der Waals surface area contributed by atoms with Crippen LogP contribution in [-0.4, -0.2) is 25.4 Å². The molecule has 1 heterocycles. The second-order valence-electron chi connectivity index (χ2n) is 6.00. The number of hydrogen-bond acceptors (Lipinski definition) is 4. The molecule has 0 fully saturated rings. The van der Waals surface area contributed by atoms with E-state index in [0.717, 1.165) is 12.2 Å². The standard InChI is InChI=1S/C21H21N3O2S/c1-3-24(2)16-9-6-8-15(14-16)22-20(25)17-10-4-5-11-18(17)23-21(26)19-12-7-13-27-19/h4-14H,3H2,1-2H3,(H,22,25)(H,23,26). The van der Waals surface area contributed by atoms with Crippen molar-refractivity contribution < 1.29 is 9.59 Å². The molecule has 0 unspecified atom stereocenters. The number of benzene rings is 2. The van der Waals surface area contributed by atoms with Gasteiger partial charge in [0.05, 0.1) is 16.1 Å². The van der Waals surface area contributed by atoms with Crippen LogP contribution in [-0.2, 0) is 0 Å². The van der Waals surface area contributed by atoms with Crippen molar-refractivity contribution in [3.63, 3.8) is 0 Å². The van der Waals surface area contributed by atoms with Gasteiger partial charge in [0.2, 0.25) is 0 Å². The molecule has 2 aromatic carbocycles. The minimum absolute atomic E-state index is 0.225. The highest BCUT2D eigenvalue weighted by molar-refractivity contribution is 7.12. The Morgan fingerprint density at radius 3 is 2.52 bits per heavy atom. The summed E-state index contributed by atoms with van der Waals surface area (Å²) in [6.45, 7) is 2.94. The summed E-state index contributed by atoms with van der Waals surface area (Å²) < 4.78 is 0. The molecule has 3 rings (SSSR count). The molecule has 0 saturated carbocycles. The molecule has 27 heavy (non-hydrogen) atoms. The third-order valence-corrected chi connectivity index (χ3v) is 5.05. The molecule has 5 nitrogen and oxygen atoms in total. The second kappa shape index (κ2) is 8.51. The molecule has 0 atom stereocenters. The van der Waals surface area contributed by atoms with Crippen molar-refractivity contribution in [3.05, 3.63) is 76.5 Å². The summed E-state index contributed by atoms with van der Waals surface area (Å²) in [5, 5.41) is 7.57. The highest BCUT2D eigenvalue weighted by atomic mass is 32.1. The van der Waals surface area contributed by atoms with Crippen LogP contribution in [0.2, 0.25) is 0 Å². The molecule has 3 aromatic rings. The van der Waals surface area contributed by atoms with Crippen LogP contribution < -0.4 is 15.5 Å². The molecule has 0 aliphatic rings. The zero-order chi connectivity index (χ0) is 19.2. The second-order valence-corrected chi connectivity index (χ2v) is 6.94. The number of carbonyl (C=O) groups excluding carboxylic acids is 2. The fourth-order valence-corrected chi connectivity index (χ4v) is 3.20. The van der Waals surface area contributed by atoms with Gasteiger partial charge in [-0.05, 0) is 48.7 Å². The molecule has 0 bridgehead atoms. The van der Waals surface area contributed by atoms with Crippen LogP contribution in [0.15, 0.2) is 66.0 Å². The smallest absolute Gasteiger partial charge is 0.265 e. The van der Waals surface area contributed by atoms with Gasteiger partial charge in [0, 0.05) is 25.0 Å². The lowest BCUT2D eigenvalue weighted by Gasteiger charge is -2.18. The Morgan fingerprint density at radius 2 is 1.78 bits per heavy atom. The number of amides is 2. The van der Waals surface area contributed by atoms with E-state index in [1.807, 2.05) is 42.8 Å². The lowest BCUT2D eigenvalue weighted by molar-refractivity contribution is 0.102. The molecule has 2 amide bonds. The van der Waals surface area contributed by atoms with E-state index in [0.29, 0.717) is 21.8 Å². The van der Waals surface area contributed by atoms with Gasteiger partial charge in [-0.3, -0.25) is 9.59 Å². The molecule has 0 radical (unpaired) electrons. The Bertz CT molecular complexity index is 938. The molecular formula is C21H21N3O2S. The van der Waals surface area contributed by atoms with Crippen LogP contribution in [0.5, 0.6) is 0 Å². The fraction of sp³-hybridized carbons (Fsp3) is 0.143. The number of thiophene rings is 1. The number of carbonyl (C=O) groups is 2. The summed E-state index contributed by atoms with van der Waals surface area (Å²) in [5.74, 6) is -0.495. The Balaban J connectivity index is 1.78. The highest BCUT2D eigenvalue weighted by Crippen LogP contribution is 2.22. The van der Waals surface area contributed by atoms with Crippen LogP contribution >= 0.6 is 11.3 Å². The van der Waals surface area contributed by atoms with Gasteiger partial charge in [0.25, 0.3) is 11.8 Å². The lowest BCUT2D eigenvalue weighted by atomic mass is 10.1. The lowest BCUT2D eigenvalue weighted by Crippen LogP contribution is -2.18. The first kappa shape index (κ1) is 18.7. The van der Waals surface area contributed by atoms with E-state index < -0.39 is 0 Å². The van der Waals surface area contributed by atoms with E-state index in [1.54, 1.807) is 30.3 Å². The summed E-state index contributed by atoms with van der Waals surface area (Å²) in [4.78, 5) is 27.8. The first-order chi connectivity index (χ1) is 13.1. The van der Waals surface area contributed by atoms with E-state index in [2.05, 4.69) is 22.5 Å². The number of hydrogen-bond donors (Lipinski definition) is 2. The third-order valence-electron chi connectivity index (χ3n) is 4.18. The molecule has 0 saturated heterocycles. The van der Waals surface area contributed by atoms with Crippen LogP contribution in [0.3, 0.4) is 0 Å². The van der Waals surface area contributed by atoms with E-state index >= 15 is 0 Å². The summed E-state index contributed by atoms with van der Waals surface area (Å²) in [6.07, 6.45) is 0. The Morgan fingerprint density at radius 1 is 0.963 bits per heavy atom. The third kappa shape index (κ3) is 4.54. The highest BCUT2D eigenvalue weighted by Gasteiger charge is 2.15. The number of rotatable bonds is 6. The fourth-order valence-electron chi connectivity index (χ4n) is 2.58. The van der Waals surface area contributed by atoms with Gasteiger partial charge in [-0.25, -0.2) is 0 Å². The predicted molar refractivity (Wildman–Crippen MR) is 112 cm³/mol. The Labute approximate surface area is 162 Å². The number of anilines is 3. The van der Waals surface area contributed by atoms with Gasteiger partial charge in [0.15, 0.2) is 0 Å². The van der Waals surface area contributed by atoms with Crippen LogP contribution in [0.4, 0.5) is 17.1 Å². The van der Waals surface area contributed by atoms with E-state index in [4.69, 9.17) is 0 Å². The Hall–Kier alpha value is -3.12. The zero-order valence-electron chi connectivity index (χ0n) is 15.2. The average Bonchev–Trinajstić information content (AvgIpc) is 3.23. The summed E-state index contributed by atoms with van der Waals surface area (Å²) in [7, 11) is 2.00. The van der Waals surface area contributed by atoms with Crippen LogP contribution in [0.1, 0.15) is 27.0 Å². The maximum atomic E-state index is 12.8. The van der Waals surface area contributed by atoms with E-state index in [9.17, 15) is 9.59 Å². The van der Waals surface area contributed by atoms with Crippen molar-refractivity contribution in [2.45, 2.75) is 6.92 Å². The summed E-state index contributed by atoms with van der Waals surface area (Å²) in [5.41, 5.74) is 2.62. The molecule has 0 spiro atoms. The minimum Gasteiger partial charge on any atom is -0.375 e. The van der Waals surface area contributed by atoms with E-state index in [1.165, 1.54) is 11.3 Å². The topological polar surface area (TPSA) is 61.4 Å². The van der Waals surface area contributed by atoms with Crippen molar-refractivity contribution in [1.82, 2.24) is 0 Å². The van der Waals surface area contributed by atoms with Gasteiger partial charge >= 0.3 is 0 Å². The molecule has 0 aliphatic carbocycles. The summed E-state index contributed by atoms with van der Waals surface area (Å²) >= 11 is 1.36. The van der Waals surface area contributed by atoms with Gasteiger partial charge in [-0.15, -0.1) is 11.3 Å². The first-order valence-electron chi connectivity index (χ1n) is 8.65. The maximum absolute atomic E-state index is 12.8. The van der Waals surface area contributed by atoms with Gasteiger partial charge in [0.1, 0.15) is 0 Å².